The first kappa shape index (κ1) is 9.76. The van der Waals surface area contributed by atoms with Crippen LogP contribution in [-0.2, 0) is 0 Å². The van der Waals surface area contributed by atoms with E-state index in [2.05, 4.69) is 11.8 Å². The van der Waals surface area contributed by atoms with Crippen molar-refractivity contribution >= 4 is 11.6 Å². The van der Waals surface area contributed by atoms with E-state index in [0.29, 0.717) is 12.3 Å². The van der Waals surface area contributed by atoms with Crippen molar-refractivity contribution in [2.24, 2.45) is 0 Å². The van der Waals surface area contributed by atoms with Crippen molar-refractivity contribution in [1.82, 2.24) is 0 Å². The molecule has 0 aliphatic rings. The molecular weight excluding hydrogens is 188 g/mol. The van der Waals surface area contributed by atoms with E-state index in [9.17, 15) is 10.2 Å². The van der Waals surface area contributed by atoms with Gasteiger partial charge in [0.1, 0.15) is 17.1 Å². The zero-order valence-corrected chi connectivity index (χ0v) is 7.67. The Morgan fingerprint density at radius 2 is 1.85 bits per heavy atom. The zero-order chi connectivity index (χ0) is 9.68. The normalized spacial score (nSPS) is 9.00. The second kappa shape index (κ2) is 4.64. The zero-order valence-electron chi connectivity index (χ0n) is 6.92. The standard InChI is InChI=1S/C10H9ClO2/c11-7-2-1-4-8-9(12)5-3-6-10(8)13/h3,5-6,12-13H,2,7H2. The van der Waals surface area contributed by atoms with Gasteiger partial charge < -0.3 is 10.2 Å². The minimum absolute atomic E-state index is 0.0120. The lowest BCUT2D eigenvalue weighted by Gasteiger charge is -1.98. The summed E-state index contributed by atoms with van der Waals surface area (Å²) >= 11 is 5.42. The highest BCUT2D eigenvalue weighted by Gasteiger charge is 2.01. The lowest BCUT2D eigenvalue weighted by atomic mass is 10.2. The van der Waals surface area contributed by atoms with Gasteiger partial charge in [-0.25, -0.2) is 0 Å². The molecule has 2 N–H and O–H groups in total. The number of alkyl halides is 1. The van der Waals surface area contributed by atoms with Crippen molar-refractivity contribution in [1.29, 1.82) is 0 Å². The Bertz CT molecular complexity index is 329. The molecule has 0 bridgehead atoms. The van der Waals surface area contributed by atoms with E-state index in [1.807, 2.05) is 0 Å². The average molecular weight is 197 g/mol. The first-order chi connectivity index (χ1) is 6.25. The molecule has 0 aliphatic heterocycles. The number of phenolic OH excluding ortho intramolecular Hbond substituents is 2. The Kier molecular flexibility index (Phi) is 3.48. The Labute approximate surface area is 81.8 Å². The van der Waals surface area contributed by atoms with Gasteiger partial charge in [0.05, 0.1) is 0 Å². The van der Waals surface area contributed by atoms with Crippen LogP contribution in [0.25, 0.3) is 0 Å². The lowest BCUT2D eigenvalue weighted by Crippen LogP contribution is -1.78. The van der Waals surface area contributed by atoms with Crippen LogP contribution in [0.5, 0.6) is 11.5 Å². The van der Waals surface area contributed by atoms with Crippen LogP contribution >= 0.6 is 11.6 Å². The maximum Gasteiger partial charge on any atom is 0.134 e. The molecule has 0 fully saturated rings. The second-order valence-electron chi connectivity index (χ2n) is 2.41. The van der Waals surface area contributed by atoms with Gasteiger partial charge in [0.2, 0.25) is 0 Å². The molecule has 0 heterocycles. The molecule has 0 saturated heterocycles. The third-order valence-electron chi connectivity index (χ3n) is 1.45. The number of aromatic hydroxyl groups is 2. The minimum Gasteiger partial charge on any atom is -0.507 e. The third-order valence-corrected chi connectivity index (χ3v) is 1.64. The van der Waals surface area contributed by atoms with E-state index in [4.69, 9.17) is 11.6 Å². The van der Waals surface area contributed by atoms with Gasteiger partial charge in [-0.3, -0.25) is 0 Å². The highest BCUT2D eigenvalue weighted by molar-refractivity contribution is 6.18. The van der Waals surface area contributed by atoms with Gasteiger partial charge in [0.15, 0.2) is 0 Å². The Morgan fingerprint density at radius 3 is 2.38 bits per heavy atom. The average Bonchev–Trinajstić information content (AvgIpc) is 2.10. The first-order valence-corrected chi connectivity index (χ1v) is 4.35. The SMILES string of the molecule is Oc1cccc(O)c1C#CCCCl. The molecule has 1 aromatic carbocycles. The van der Waals surface area contributed by atoms with Gasteiger partial charge >= 0.3 is 0 Å². The predicted octanol–water partition coefficient (Wildman–Crippen LogP) is 2.08. The van der Waals surface area contributed by atoms with Gasteiger partial charge in [0.25, 0.3) is 0 Å². The molecular formula is C10H9ClO2. The summed E-state index contributed by atoms with van der Waals surface area (Å²) in [6.07, 6.45) is 0.537. The molecule has 68 valence electrons. The lowest BCUT2D eigenvalue weighted by molar-refractivity contribution is 0.448. The summed E-state index contributed by atoms with van der Waals surface area (Å²) in [4.78, 5) is 0. The first-order valence-electron chi connectivity index (χ1n) is 3.81. The van der Waals surface area contributed by atoms with E-state index in [0.717, 1.165) is 0 Å². The van der Waals surface area contributed by atoms with Crippen molar-refractivity contribution in [3.8, 4) is 23.3 Å². The molecule has 0 aromatic heterocycles. The topological polar surface area (TPSA) is 40.5 Å². The summed E-state index contributed by atoms with van der Waals surface area (Å²) in [7, 11) is 0. The summed E-state index contributed by atoms with van der Waals surface area (Å²) < 4.78 is 0. The molecule has 0 spiro atoms. The van der Waals surface area contributed by atoms with E-state index >= 15 is 0 Å². The van der Waals surface area contributed by atoms with Gasteiger partial charge in [0, 0.05) is 12.3 Å². The smallest absolute Gasteiger partial charge is 0.134 e. The number of rotatable bonds is 1. The minimum atomic E-state index is -0.0120. The maximum atomic E-state index is 9.30. The van der Waals surface area contributed by atoms with Gasteiger partial charge in [-0.05, 0) is 12.1 Å². The molecule has 3 heteroatoms. The van der Waals surface area contributed by atoms with Crippen LogP contribution in [-0.4, -0.2) is 16.1 Å². The quantitative estimate of drug-likeness (QED) is 0.533. The summed E-state index contributed by atoms with van der Waals surface area (Å²) in [5, 5.41) is 18.6. The molecule has 1 rings (SSSR count). The van der Waals surface area contributed by atoms with Gasteiger partial charge in [-0.1, -0.05) is 17.9 Å². The van der Waals surface area contributed by atoms with Gasteiger partial charge in [-0.2, -0.15) is 0 Å². The van der Waals surface area contributed by atoms with E-state index in [1.54, 1.807) is 6.07 Å². The Balaban J connectivity index is 2.95. The fourth-order valence-electron chi connectivity index (χ4n) is 0.854. The van der Waals surface area contributed by atoms with Crippen LogP contribution in [0.3, 0.4) is 0 Å². The molecule has 0 saturated carbocycles. The second-order valence-corrected chi connectivity index (χ2v) is 2.79. The summed E-state index contributed by atoms with van der Waals surface area (Å²) in [5.41, 5.74) is 0.257. The van der Waals surface area contributed by atoms with Crippen LogP contribution in [0.4, 0.5) is 0 Å². The van der Waals surface area contributed by atoms with Crippen molar-refractivity contribution in [2.45, 2.75) is 6.42 Å². The van der Waals surface area contributed by atoms with Crippen molar-refractivity contribution in [3.05, 3.63) is 23.8 Å². The van der Waals surface area contributed by atoms with Crippen molar-refractivity contribution in [3.63, 3.8) is 0 Å². The molecule has 2 nitrogen and oxygen atoms in total. The van der Waals surface area contributed by atoms with Crippen molar-refractivity contribution < 1.29 is 10.2 Å². The summed E-state index contributed by atoms with van der Waals surface area (Å²) in [5.74, 6) is 5.80. The van der Waals surface area contributed by atoms with Crippen LogP contribution in [0.15, 0.2) is 18.2 Å². The molecule has 0 aliphatic carbocycles. The Hall–Kier alpha value is -1.33. The highest BCUT2D eigenvalue weighted by Crippen LogP contribution is 2.24. The van der Waals surface area contributed by atoms with Crippen molar-refractivity contribution in [2.75, 3.05) is 5.88 Å². The predicted molar refractivity (Wildman–Crippen MR) is 52.0 cm³/mol. The fourth-order valence-corrected chi connectivity index (χ4v) is 0.949. The molecule has 13 heavy (non-hydrogen) atoms. The molecule has 0 unspecified atom stereocenters. The summed E-state index contributed by atoms with van der Waals surface area (Å²) in [6, 6.07) is 4.51. The number of phenols is 2. The number of hydrogen-bond acceptors (Lipinski definition) is 2. The molecule has 0 atom stereocenters. The third kappa shape index (κ3) is 2.57. The highest BCUT2D eigenvalue weighted by atomic mass is 35.5. The summed E-state index contributed by atoms with van der Waals surface area (Å²) in [6.45, 7) is 0. The molecule has 1 aromatic rings. The number of halogens is 1. The Morgan fingerprint density at radius 1 is 1.23 bits per heavy atom. The number of benzene rings is 1. The maximum absolute atomic E-state index is 9.30. The molecule has 0 radical (unpaired) electrons. The van der Waals surface area contributed by atoms with Crippen LogP contribution in [0.1, 0.15) is 12.0 Å². The monoisotopic (exact) mass is 196 g/mol. The molecule has 0 amide bonds. The van der Waals surface area contributed by atoms with Crippen LogP contribution in [0, 0.1) is 11.8 Å². The van der Waals surface area contributed by atoms with E-state index in [-0.39, 0.29) is 17.1 Å². The number of hydrogen-bond donors (Lipinski definition) is 2. The van der Waals surface area contributed by atoms with E-state index in [1.165, 1.54) is 12.1 Å². The fraction of sp³-hybridized carbons (Fsp3) is 0.200. The largest absolute Gasteiger partial charge is 0.507 e. The van der Waals surface area contributed by atoms with Crippen LogP contribution in [0.2, 0.25) is 0 Å². The van der Waals surface area contributed by atoms with Gasteiger partial charge in [-0.15, -0.1) is 11.6 Å². The van der Waals surface area contributed by atoms with Crippen LogP contribution < -0.4 is 0 Å². The van der Waals surface area contributed by atoms with E-state index < -0.39 is 0 Å².